The van der Waals surface area contributed by atoms with Crippen LogP contribution in [0.3, 0.4) is 0 Å². The first kappa shape index (κ1) is 31.6. The molecule has 1 saturated heterocycles. The number of alkyl halides is 3. The number of carbonyl (C=O) groups is 4. The van der Waals surface area contributed by atoms with E-state index in [0.717, 1.165) is 44.1 Å². The molecule has 1 aliphatic carbocycles. The number of amides is 2. The van der Waals surface area contributed by atoms with Crippen LogP contribution in [0.2, 0.25) is 0 Å². The van der Waals surface area contributed by atoms with Crippen LogP contribution in [-0.2, 0) is 14.4 Å². The van der Waals surface area contributed by atoms with Crippen LogP contribution >= 0.6 is 0 Å². The highest BCUT2D eigenvalue weighted by atomic mass is 19.4. The van der Waals surface area contributed by atoms with E-state index < -0.39 is 24.2 Å². The summed E-state index contributed by atoms with van der Waals surface area (Å²) < 4.78 is 31.7. The molecule has 1 aliphatic heterocycles. The van der Waals surface area contributed by atoms with Crippen LogP contribution < -0.4 is 11.1 Å². The number of nitrogens with two attached hydrogens (primary N) is 1. The van der Waals surface area contributed by atoms with Crippen molar-refractivity contribution in [2.75, 3.05) is 18.4 Å². The maximum absolute atomic E-state index is 13.7. The predicted molar refractivity (Wildman–Crippen MR) is 144 cm³/mol. The molecule has 12 heteroatoms. The number of likely N-dealkylation sites (tertiary alicyclic amines) is 1. The molecule has 4 rings (SSSR count). The van der Waals surface area contributed by atoms with Gasteiger partial charge in [-0.2, -0.15) is 13.2 Å². The number of hydrogen-bond acceptors (Lipinski definition) is 5. The number of carboxylic acid groups (broad SMARTS) is 2. The number of benzene rings is 2. The van der Waals surface area contributed by atoms with Gasteiger partial charge in [0.2, 0.25) is 11.8 Å². The summed E-state index contributed by atoms with van der Waals surface area (Å²) in [5.41, 5.74) is 7.55. The van der Waals surface area contributed by atoms with Gasteiger partial charge in [0.1, 0.15) is 6.04 Å². The Hall–Kier alpha value is -3.93. The zero-order chi connectivity index (χ0) is 30.2. The summed E-state index contributed by atoms with van der Waals surface area (Å²) in [6.07, 6.45) is 0.131. The third-order valence-corrected chi connectivity index (χ3v) is 7.58. The molecule has 9 nitrogen and oxygen atoms in total. The summed E-state index contributed by atoms with van der Waals surface area (Å²) in [7, 11) is 0. The fourth-order valence-corrected chi connectivity index (χ4v) is 5.41. The van der Waals surface area contributed by atoms with Crippen LogP contribution in [0.25, 0.3) is 0 Å². The van der Waals surface area contributed by atoms with Gasteiger partial charge in [0.05, 0.1) is 5.56 Å². The highest BCUT2D eigenvalue weighted by molar-refractivity contribution is 5.99. The third kappa shape index (κ3) is 8.53. The van der Waals surface area contributed by atoms with E-state index in [-0.39, 0.29) is 29.2 Å². The van der Waals surface area contributed by atoms with Crippen LogP contribution in [0.4, 0.5) is 18.9 Å². The van der Waals surface area contributed by atoms with Gasteiger partial charge in [0.15, 0.2) is 0 Å². The summed E-state index contributed by atoms with van der Waals surface area (Å²) in [6.45, 7) is 1.22. The number of hydrogen-bond donors (Lipinski definition) is 4. The Balaban J connectivity index is 0.000000587. The summed E-state index contributed by atoms with van der Waals surface area (Å²) >= 11 is 0. The molecule has 2 aromatic carbocycles. The fourth-order valence-electron chi connectivity index (χ4n) is 5.41. The third-order valence-electron chi connectivity index (χ3n) is 7.58. The van der Waals surface area contributed by atoms with Crippen molar-refractivity contribution in [3.63, 3.8) is 0 Å². The van der Waals surface area contributed by atoms with Crippen LogP contribution in [-0.4, -0.2) is 64.2 Å². The van der Waals surface area contributed by atoms with E-state index in [2.05, 4.69) is 5.32 Å². The van der Waals surface area contributed by atoms with E-state index in [1.807, 2.05) is 30.3 Å². The van der Waals surface area contributed by atoms with Crippen molar-refractivity contribution < 1.29 is 42.6 Å². The molecule has 0 spiro atoms. The van der Waals surface area contributed by atoms with Crippen molar-refractivity contribution in [2.24, 2.45) is 17.6 Å². The molecule has 5 N–H and O–H groups in total. The summed E-state index contributed by atoms with van der Waals surface area (Å²) in [5.74, 6) is -3.63. The van der Waals surface area contributed by atoms with Crippen LogP contribution in [0.15, 0.2) is 54.6 Å². The number of rotatable bonds is 6. The zero-order valence-corrected chi connectivity index (χ0v) is 22.3. The Labute approximate surface area is 235 Å². The molecule has 0 radical (unpaired) electrons. The smallest absolute Gasteiger partial charge is 0.478 e. The van der Waals surface area contributed by atoms with Gasteiger partial charge < -0.3 is 26.2 Å². The van der Waals surface area contributed by atoms with Gasteiger partial charge in [-0.25, -0.2) is 9.59 Å². The molecular formula is C29H34F3N3O6. The average molecular weight is 578 g/mol. The number of carbonyl (C=O) groups excluding carboxylic acids is 2. The lowest BCUT2D eigenvalue weighted by atomic mass is 9.79. The lowest BCUT2D eigenvalue weighted by Crippen LogP contribution is -2.55. The number of carboxylic acids is 2. The highest BCUT2D eigenvalue weighted by Crippen LogP contribution is 2.37. The quantitative estimate of drug-likeness (QED) is 0.395. The van der Waals surface area contributed by atoms with Crippen molar-refractivity contribution in [3.05, 3.63) is 65.7 Å². The Morgan fingerprint density at radius 3 is 2.00 bits per heavy atom. The highest BCUT2D eigenvalue weighted by Gasteiger charge is 2.42. The molecule has 222 valence electrons. The van der Waals surface area contributed by atoms with Gasteiger partial charge in [-0.1, -0.05) is 30.3 Å². The summed E-state index contributed by atoms with van der Waals surface area (Å²) in [5, 5.41) is 19.2. The maximum Gasteiger partial charge on any atom is 0.490 e. The van der Waals surface area contributed by atoms with Crippen LogP contribution in [0, 0.1) is 11.8 Å². The number of nitrogens with zero attached hydrogens (tertiary/aromatic N) is 1. The molecule has 0 aromatic heterocycles. The number of anilines is 1. The molecule has 1 saturated carbocycles. The van der Waals surface area contributed by atoms with Crippen LogP contribution in [0.5, 0.6) is 0 Å². The monoisotopic (exact) mass is 577 g/mol. The molecule has 2 fully saturated rings. The molecule has 2 amide bonds. The number of aliphatic carboxylic acids is 1. The molecular weight excluding hydrogens is 543 g/mol. The lowest BCUT2D eigenvalue weighted by molar-refractivity contribution is -0.192. The minimum atomic E-state index is -5.08. The second kappa shape index (κ2) is 14.1. The van der Waals surface area contributed by atoms with E-state index in [1.54, 1.807) is 17.0 Å². The van der Waals surface area contributed by atoms with Gasteiger partial charge in [-0.3, -0.25) is 9.59 Å². The fraction of sp³-hybridized carbons (Fsp3) is 0.448. The molecule has 2 aliphatic rings. The summed E-state index contributed by atoms with van der Waals surface area (Å²) in [4.78, 5) is 49.1. The van der Waals surface area contributed by atoms with Gasteiger partial charge in [0, 0.05) is 24.1 Å². The Morgan fingerprint density at radius 1 is 0.902 bits per heavy atom. The standard InChI is InChI=1S/C27H33N3O4.C2HF3O2/c28-17-18-8-10-20(11-9-18)26(32)30-16-4-7-23(19-5-2-1-3-6-19)24(30)25(31)29-22-14-12-21(13-15-22)27(33)34;3-2(4,5)1(6)7/h1-3,5-6,12-15,18,20,23-24H,4,7-11,16-17,28H2,(H,29,31)(H,33,34);(H,6,7). The summed E-state index contributed by atoms with van der Waals surface area (Å²) in [6, 6.07) is 15.4. The van der Waals surface area contributed by atoms with Crippen LogP contribution in [0.1, 0.15) is 60.4 Å². The maximum atomic E-state index is 13.7. The molecule has 2 atom stereocenters. The molecule has 1 heterocycles. The Morgan fingerprint density at radius 2 is 1.49 bits per heavy atom. The number of nitrogens with one attached hydrogen (secondary N) is 1. The first-order valence-electron chi connectivity index (χ1n) is 13.4. The number of piperidine rings is 1. The first-order chi connectivity index (χ1) is 19.4. The number of aromatic carboxylic acids is 1. The number of halogens is 3. The average Bonchev–Trinajstić information content (AvgIpc) is 2.97. The zero-order valence-electron chi connectivity index (χ0n) is 22.3. The predicted octanol–water partition coefficient (Wildman–Crippen LogP) is 4.50. The molecule has 41 heavy (non-hydrogen) atoms. The van der Waals surface area contributed by atoms with E-state index in [1.165, 1.54) is 12.1 Å². The van der Waals surface area contributed by atoms with Gasteiger partial charge in [-0.05, 0) is 80.8 Å². The van der Waals surface area contributed by atoms with Gasteiger partial charge >= 0.3 is 18.1 Å². The lowest BCUT2D eigenvalue weighted by Gasteiger charge is -2.42. The molecule has 0 bridgehead atoms. The van der Waals surface area contributed by atoms with Crippen molar-refractivity contribution in [1.82, 2.24) is 4.90 Å². The van der Waals surface area contributed by atoms with E-state index in [9.17, 15) is 27.6 Å². The topological polar surface area (TPSA) is 150 Å². The second-order valence-electron chi connectivity index (χ2n) is 10.3. The Bertz CT molecular complexity index is 1200. The van der Waals surface area contributed by atoms with Crippen molar-refractivity contribution in [2.45, 2.75) is 56.7 Å². The SMILES string of the molecule is NCC1CCC(C(=O)N2CCCC(c3ccccc3)C2C(=O)Nc2ccc(C(=O)O)cc2)CC1.O=C(O)C(F)(F)F. The van der Waals surface area contributed by atoms with Crippen molar-refractivity contribution >= 4 is 29.4 Å². The molecule has 2 aromatic rings. The minimum absolute atomic E-state index is 0.0671. The van der Waals surface area contributed by atoms with E-state index >= 15 is 0 Å². The first-order valence-corrected chi connectivity index (χ1v) is 13.4. The Kier molecular flexibility index (Phi) is 10.9. The largest absolute Gasteiger partial charge is 0.490 e. The minimum Gasteiger partial charge on any atom is -0.478 e. The van der Waals surface area contributed by atoms with Crippen molar-refractivity contribution in [3.8, 4) is 0 Å². The second-order valence-corrected chi connectivity index (χ2v) is 10.3. The van der Waals surface area contributed by atoms with E-state index in [4.69, 9.17) is 20.7 Å². The van der Waals surface area contributed by atoms with E-state index in [0.29, 0.717) is 24.7 Å². The molecule has 2 unspecified atom stereocenters. The van der Waals surface area contributed by atoms with Gasteiger partial charge in [-0.15, -0.1) is 0 Å². The normalized spacial score (nSPS) is 22.6. The van der Waals surface area contributed by atoms with Crippen molar-refractivity contribution in [1.29, 1.82) is 0 Å². The van der Waals surface area contributed by atoms with Gasteiger partial charge in [0.25, 0.3) is 0 Å².